The number of nitrogens with zero attached hydrogens (tertiary/aromatic N) is 6. The number of aromatic nitrogens is 4. The first-order valence-electron chi connectivity index (χ1n) is 12.3. The van der Waals surface area contributed by atoms with Gasteiger partial charge in [0.25, 0.3) is 5.56 Å². The predicted molar refractivity (Wildman–Crippen MR) is 127 cm³/mol. The SMILES string of the molecule is CCCCn1c(=O)[nH]c(=O)c2c1nc(CN1CCN(CC(=O)N3CCCCC3C)CC1)n2C. The van der Waals surface area contributed by atoms with Crippen molar-refractivity contribution >= 4 is 17.1 Å². The minimum Gasteiger partial charge on any atom is -0.339 e. The van der Waals surface area contributed by atoms with Crippen LogP contribution in [0.25, 0.3) is 11.2 Å². The summed E-state index contributed by atoms with van der Waals surface area (Å²) in [5, 5.41) is 0. The number of imidazole rings is 1. The van der Waals surface area contributed by atoms with Crippen LogP contribution in [0.4, 0.5) is 0 Å². The summed E-state index contributed by atoms with van der Waals surface area (Å²) in [6.45, 7) is 10.1. The van der Waals surface area contributed by atoms with Crippen LogP contribution in [0.15, 0.2) is 9.59 Å². The van der Waals surface area contributed by atoms with E-state index in [1.807, 2.05) is 16.5 Å². The number of H-pyrrole nitrogens is 1. The molecule has 0 radical (unpaired) electrons. The van der Waals surface area contributed by atoms with E-state index in [0.717, 1.165) is 64.2 Å². The van der Waals surface area contributed by atoms with Crippen molar-refractivity contribution < 1.29 is 4.79 Å². The zero-order valence-electron chi connectivity index (χ0n) is 20.2. The maximum atomic E-state index is 12.8. The molecule has 0 spiro atoms. The van der Waals surface area contributed by atoms with Gasteiger partial charge < -0.3 is 9.47 Å². The maximum absolute atomic E-state index is 12.8. The smallest absolute Gasteiger partial charge is 0.330 e. The molecule has 182 valence electrons. The molecule has 4 rings (SSSR count). The lowest BCUT2D eigenvalue weighted by Crippen LogP contribution is -2.52. The van der Waals surface area contributed by atoms with Crippen molar-refractivity contribution in [2.45, 2.75) is 65.1 Å². The molecular weight excluding hydrogens is 422 g/mol. The molecule has 0 bridgehead atoms. The van der Waals surface area contributed by atoms with E-state index in [2.05, 4.69) is 28.6 Å². The summed E-state index contributed by atoms with van der Waals surface area (Å²) in [5.74, 6) is 1.02. The average molecular weight is 460 g/mol. The second-order valence-electron chi connectivity index (χ2n) is 9.51. The van der Waals surface area contributed by atoms with Gasteiger partial charge in [-0.15, -0.1) is 0 Å². The third kappa shape index (κ3) is 5.06. The third-order valence-corrected chi connectivity index (χ3v) is 7.15. The number of piperazine rings is 1. The maximum Gasteiger partial charge on any atom is 0.330 e. The Balaban J connectivity index is 1.40. The molecule has 1 atom stereocenters. The van der Waals surface area contributed by atoms with Crippen LogP contribution >= 0.6 is 0 Å². The van der Waals surface area contributed by atoms with Gasteiger partial charge in [-0.25, -0.2) is 9.78 Å². The number of amides is 1. The highest BCUT2D eigenvalue weighted by Gasteiger charge is 2.27. The summed E-state index contributed by atoms with van der Waals surface area (Å²) in [5.41, 5.74) is 0.126. The van der Waals surface area contributed by atoms with E-state index < -0.39 is 5.69 Å². The first kappa shape index (κ1) is 23.7. The highest BCUT2D eigenvalue weighted by molar-refractivity contribution is 5.78. The topological polar surface area (TPSA) is 99.5 Å². The highest BCUT2D eigenvalue weighted by Crippen LogP contribution is 2.17. The Morgan fingerprint density at radius 2 is 1.82 bits per heavy atom. The molecule has 4 heterocycles. The van der Waals surface area contributed by atoms with Crippen LogP contribution in [0.3, 0.4) is 0 Å². The summed E-state index contributed by atoms with van der Waals surface area (Å²) in [6, 6.07) is 0.350. The van der Waals surface area contributed by atoms with Crippen molar-refractivity contribution in [3.63, 3.8) is 0 Å². The number of hydrogen-bond donors (Lipinski definition) is 1. The molecule has 1 amide bonds. The molecule has 0 aromatic carbocycles. The molecule has 0 aliphatic carbocycles. The van der Waals surface area contributed by atoms with Crippen LogP contribution in [0.5, 0.6) is 0 Å². The molecule has 1 N–H and O–H groups in total. The van der Waals surface area contributed by atoms with Gasteiger partial charge in [0.1, 0.15) is 5.82 Å². The molecule has 0 saturated carbocycles. The van der Waals surface area contributed by atoms with E-state index in [0.29, 0.717) is 36.8 Å². The molecule has 1 unspecified atom stereocenters. The lowest BCUT2D eigenvalue weighted by atomic mass is 10.0. The molecule has 10 heteroatoms. The van der Waals surface area contributed by atoms with E-state index in [4.69, 9.17) is 4.98 Å². The molecule has 33 heavy (non-hydrogen) atoms. The fraction of sp³-hybridized carbons (Fsp3) is 0.739. The molecule has 2 aromatic rings. The number of piperidine rings is 1. The van der Waals surface area contributed by atoms with Gasteiger partial charge in [-0.2, -0.15) is 0 Å². The number of rotatable bonds is 7. The van der Waals surface area contributed by atoms with Crippen LogP contribution in [0.2, 0.25) is 0 Å². The zero-order chi connectivity index (χ0) is 23.5. The van der Waals surface area contributed by atoms with Gasteiger partial charge in [-0.1, -0.05) is 13.3 Å². The third-order valence-electron chi connectivity index (χ3n) is 7.15. The fourth-order valence-electron chi connectivity index (χ4n) is 5.01. The Morgan fingerprint density at radius 1 is 1.09 bits per heavy atom. The largest absolute Gasteiger partial charge is 0.339 e. The van der Waals surface area contributed by atoms with Crippen LogP contribution < -0.4 is 11.2 Å². The summed E-state index contributed by atoms with van der Waals surface area (Å²) in [4.78, 5) is 51.3. The number of likely N-dealkylation sites (tertiary alicyclic amines) is 1. The number of carbonyl (C=O) groups is 1. The van der Waals surface area contributed by atoms with Gasteiger partial charge in [0.15, 0.2) is 11.2 Å². The number of hydrogen-bond acceptors (Lipinski definition) is 6. The number of nitrogens with one attached hydrogen (secondary N) is 1. The molecular formula is C23H37N7O3. The van der Waals surface area contributed by atoms with Crippen molar-refractivity contribution in [1.29, 1.82) is 0 Å². The predicted octanol–water partition coefficient (Wildman–Crippen LogP) is 0.742. The summed E-state index contributed by atoms with van der Waals surface area (Å²) >= 11 is 0. The minimum absolute atomic E-state index is 0.246. The highest BCUT2D eigenvalue weighted by atomic mass is 16.2. The minimum atomic E-state index is -0.396. The van der Waals surface area contributed by atoms with Crippen LogP contribution in [-0.2, 0) is 24.9 Å². The first-order chi connectivity index (χ1) is 15.9. The Hall–Kier alpha value is -2.46. The van der Waals surface area contributed by atoms with Gasteiger partial charge >= 0.3 is 5.69 Å². The summed E-state index contributed by atoms with van der Waals surface area (Å²) in [6.07, 6.45) is 5.23. The molecule has 2 fully saturated rings. The van der Waals surface area contributed by atoms with E-state index in [1.165, 1.54) is 6.42 Å². The average Bonchev–Trinajstić information content (AvgIpc) is 3.11. The van der Waals surface area contributed by atoms with E-state index in [1.54, 1.807) is 4.57 Å². The normalized spacial score (nSPS) is 20.6. The van der Waals surface area contributed by atoms with Crippen molar-refractivity contribution in [3.8, 4) is 0 Å². The standard InChI is InChI=1S/C23H37N7O3/c1-4-5-9-30-21-20(22(32)25-23(30)33)26(3)18(24-21)15-27-11-13-28(14-12-27)16-19(31)29-10-7-6-8-17(29)2/h17H,4-16H2,1-3H3,(H,25,32,33). The van der Waals surface area contributed by atoms with Crippen molar-refractivity contribution in [2.24, 2.45) is 7.05 Å². The number of aromatic amines is 1. The second kappa shape index (κ2) is 10.2. The van der Waals surface area contributed by atoms with Crippen LogP contribution in [0, 0.1) is 0 Å². The number of carbonyl (C=O) groups excluding carboxylic acids is 1. The van der Waals surface area contributed by atoms with E-state index >= 15 is 0 Å². The monoisotopic (exact) mass is 459 g/mol. The summed E-state index contributed by atoms with van der Waals surface area (Å²) in [7, 11) is 1.84. The van der Waals surface area contributed by atoms with E-state index in [-0.39, 0.29) is 11.5 Å². The van der Waals surface area contributed by atoms with Gasteiger partial charge in [-0.05, 0) is 32.6 Å². The Labute approximate surface area is 194 Å². The number of unbranched alkanes of at least 4 members (excludes halogenated alkanes) is 1. The van der Waals surface area contributed by atoms with Crippen molar-refractivity contribution in [3.05, 3.63) is 26.7 Å². The molecule has 2 aliphatic heterocycles. The molecule has 2 aromatic heterocycles. The quantitative estimate of drug-likeness (QED) is 0.656. The Bertz CT molecular complexity index is 1090. The number of aryl methyl sites for hydroxylation is 2. The second-order valence-corrected chi connectivity index (χ2v) is 9.51. The Morgan fingerprint density at radius 3 is 2.52 bits per heavy atom. The van der Waals surface area contributed by atoms with Gasteiger partial charge in [0, 0.05) is 52.4 Å². The zero-order valence-corrected chi connectivity index (χ0v) is 20.2. The molecule has 2 aliphatic rings. The van der Waals surface area contributed by atoms with Crippen molar-refractivity contribution in [1.82, 2.24) is 33.8 Å². The molecule has 2 saturated heterocycles. The lowest BCUT2D eigenvalue weighted by molar-refractivity contribution is -0.136. The Kier molecular flexibility index (Phi) is 7.33. The van der Waals surface area contributed by atoms with Crippen LogP contribution in [-0.4, -0.2) is 85.0 Å². The lowest BCUT2D eigenvalue weighted by Gasteiger charge is -2.38. The van der Waals surface area contributed by atoms with E-state index in [9.17, 15) is 14.4 Å². The number of fused-ring (bicyclic) bond motifs is 1. The van der Waals surface area contributed by atoms with Crippen molar-refractivity contribution in [2.75, 3.05) is 39.3 Å². The fourth-order valence-corrected chi connectivity index (χ4v) is 5.01. The van der Waals surface area contributed by atoms with Gasteiger partial charge in [0.05, 0.1) is 13.1 Å². The van der Waals surface area contributed by atoms with Gasteiger partial charge in [0.2, 0.25) is 5.91 Å². The van der Waals surface area contributed by atoms with Crippen LogP contribution in [0.1, 0.15) is 51.8 Å². The first-order valence-corrected chi connectivity index (χ1v) is 12.3. The molecule has 10 nitrogen and oxygen atoms in total. The summed E-state index contributed by atoms with van der Waals surface area (Å²) < 4.78 is 3.39. The van der Waals surface area contributed by atoms with Gasteiger partial charge in [-0.3, -0.25) is 28.9 Å².